The van der Waals surface area contributed by atoms with Gasteiger partial charge in [-0.1, -0.05) is 20.8 Å². The Morgan fingerprint density at radius 3 is 1.80 bits per heavy atom. The molecule has 0 aliphatic carbocycles. The summed E-state index contributed by atoms with van der Waals surface area (Å²) in [6, 6.07) is 0. The molecule has 0 unspecified atom stereocenters. The Morgan fingerprint density at radius 1 is 0.933 bits per heavy atom. The van der Waals surface area contributed by atoms with Crippen molar-refractivity contribution in [2.45, 2.75) is 27.2 Å². The molecular formula is C11H24O4. The van der Waals surface area contributed by atoms with Gasteiger partial charge in [0.05, 0.1) is 33.0 Å². The summed E-state index contributed by atoms with van der Waals surface area (Å²) in [5, 5.41) is 27.4. The Bertz CT molecular complexity index is 156. The van der Waals surface area contributed by atoms with Crippen LogP contribution in [0.15, 0.2) is 0 Å². The summed E-state index contributed by atoms with van der Waals surface area (Å²) < 4.78 is 5.45. The third kappa shape index (κ3) is 4.93. The zero-order chi connectivity index (χ0) is 11.9. The number of rotatable bonds is 8. The maximum atomic E-state index is 9.17. The lowest BCUT2D eigenvalue weighted by Crippen LogP contribution is -2.36. The Kier molecular flexibility index (Phi) is 6.36. The van der Waals surface area contributed by atoms with E-state index in [9.17, 15) is 10.2 Å². The molecule has 0 atom stereocenters. The first-order valence-corrected chi connectivity index (χ1v) is 5.35. The molecule has 0 bridgehead atoms. The number of hydrogen-bond donors (Lipinski definition) is 3. The second-order valence-corrected chi connectivity index (χ2v) is 4.98. The van der Waals surface area contributed by atoms with E-state index in [4.69, 9.17) is 9.84 Å². The molecule has 0 aliphatic heterocycles. The standard InChI is InChI=1S/C11H24O4/c1-4-11(6-13,7-14)9-15-8-10(2,3)5-12/h12-14H,4-9H2,1-3H3. The fraction of sp³-hybridized carbons (Fsp3) is 1.00. The fourth-order valence-corrected chi connectivity index (χ4v) is 1.06. The van der Waals surface area contributed by atoms with Crippen molar-refractivity contribution in [3.63, 3.8) is 0 Å². The molecule has 4 heteroatoms. The molecular weight excluding hydrogens is 196 g/mol. The number of aliphatic hydroxyl groups excluding tert-OH is 3. The molecule has 0 aromatic carbocycles. The SMILES string of the molecule is CCC(CO)(CO)COCC(C)(C)CO. The average Bonchev–Trinajstić information content (AvgIpc) is 2.25. The normalized spacial score (nSPS) is 13.2. The van der Waals surface area contributed by atoms with Crippen LogP contribution in [0.5, 0.6) is 0 Å². The molecule has 92 valence electrons. The van der Waals surface area contributed by atoms with Crippen LogP contribution >= 0.6 is 0 Å². The van der Waals surface area contributed by atoms with E-state index in [1.165, 1.54) is 0 Å². The van der Waals surface area contributed by atoms with Crippen LogP contribution in [-0.2, 0) is 4.74 Å². The zero-order valence-electron chi connectivity index (χ0n) is 9.99. The smallest absolute Gasteiger partial charge is 0.0566 e. The van der Waals surface area contributed by atoms with E-state index in [0.717, 1.165) is 0 Å². The van der Waals surface area contributed by atoms with Gasteiger partial charge in [-0.2, -0.15) is 0 Å². The average molecular weight is 220 g/mol. The van der Waals surface area contributed by atoms with Crippen molar-refractivity contribution < 1.29 is 20.1 Å². The summed E-state index contributed by atoms with van der Waals surface area (Å²) in [6.45, 7) is 6.35. The van der Waals surface area contributed by atoms with E-state index in [-0.39, 0.29) is 25.2 Å². The number of hydrogen-bond acceptors (Lipinski definition) is 4. The summed E-state index contributed by atoms with van der Waals surface area (Å²) >= 11 is 0. The topological polar surface area (TPSA) is 69.9 Å². The van der Waals surface area contributed by atoms with Crippen LogP contribution < -0.4 is 0 Å². The highest BCUT2D eigenvalue weighted by Crippen LogP contribution is 2.22. The highest BCUT2D eigenvalue weighted by molar-refractivity contribution is 4.76. The predicted molar refractivity (Wildman–Crippen MR) is 58.6 cm³/mol. The van der Waals surface area contributed by atoms with Gasteiger partial charge in [-0.25, -0.2) is 0 Å². The van der Waals surface area contributed by atoms with Crippen LogP contribution in [0.2, 0.25) is 0 Å². The summed E-state index contributed by atoms with van der Waals surface area (Å²) in [7, 11) is 0. The molecule has 0 spiro atoms. The molecule has 4 nitrogen and oxygen atoms in total. The summed E-state index contributed by atoms with van der Waals surface area (Å²) in [4.78, 5) is 0. The van der Waals surface area contributed by atoms with Gasteiger partial charge in [0.15, 0.2) is 0 Å². The molecule has 0 aromatic rings. The molecule has 3 N–H and O–H groups in total. The molecule has 0 rings (SSSR count). The van der Waals surface area contributed by atoms with Crippen molar-refractivity contribution in [2.75, 3.05) is 33.0 Å². The quantitative estimate of drug-likeness (QED) is 0.554. The van der Waals surface area contributed by atoms with Crippen LogP contribution in [-0.4, -0.2) is 48.4 Å². The Hall–Kier alpha value is -0.160. The van der Waals surface area contributed by atoms with Crippen LogP contribution in [0, 0.1) is 10.8 Å². The molecule has 0 radical (unpaired) electrons. The molecule has 0 saturated carbocycles. The van der Waals surface area contributed by atoms with Crippen molar-refractivity contribution in [2.24, 2.45) is 10.8 Å². The van der Waals surface area contributed by atoms with E-state index in [0.29, 0.717) is 19.6 Å². The number of aliphatic hydroxyl groups is 3. The van der Waals surface area contributed by atoms with Crippen molar-refractivity contribution in [1.82, 2.24) is 0 Å². The maximum absolute atomic E-state index is 9.17. The third-order valence-electron chi connectivity index (χ3n) is 2.75. The van der Waals surface area contributed by atoms with Crippen molar-refractivity contribution in [1.29, 1.82) is 0 Å². The summed E-state index contributed by atoms with van der Waals surface area (Å²) in [6.07, 6.45) is 0.666. The van der Waals surface area contributed by atoms with Gasteiger partial charge >= 0.3 is 0 Å². The van der Waals surface area contributed by atoms with Crippen molar-refractivity contribution in [3.05, 3.63) is 0 Å². The lowest BCUT2D eigenvalue weighted by atomic mass is 9.88. The van der Waals surface area contributed by atoms with E-state index in [2.05, 4.69) is 0 Å². The van der Waals surface area contributed by atoms with Gasteiger partial charge in [0.1, 0.15) is 0 Å². The molecule has 15 heavy (non-hydrogen) atoms. The first-order valence-electron chi connectivity index (χ1n) is 5.35. The van der Waals surface area contributed by atoms with E-state index < -0.39 is 5.41 Å². The Morgan fingerprint density at radius 2 is 1.47 bits per heavy atom. The van der Waals surface area contributed by atoms with Crippen LogP contribution in [0.25, 0.3) is 0 Å². The van der Waals surface area contributed by atoms with E-state index in [1.807, 2.05) is 20.8 Å². The highest BCUT2D eigenvalue weighted by Gasteiger charge is 2.28. The molecule has 0 aliphatic rings. The van der Waals surface area contributed by atoms with Gasteiger partial charge in [0.2, 0.25) is 0 Å². The lowest BCUT2D eigenvalue weighted by Gasteiger charge is -2.30. The maximum Gasteiger partial charge on any atom is 0.0566 e. The first-order chi connectivity index (χ1) is 6.95. The molecule has 0 aromatic heterocycles. The monoisotopic (exact) mass is 220 g/mol. The van der Waals surface area contributed by atoms with E-state index in [1.54, 1.807) is 0 Å². The molecule has 0 heterocycles. The second-order valence-electron chi connectivity index (χ2n) is 4.98. The van der Waals surface area contributed by atoms with Crippen LogP contribution in [0.1, 0.15) is 27.2 Å². The minimum absolute atomic E-state index is 0.0599. The zero-order valence-corrected chi connectivity index (χ0v) is 9.99. The summed E-state index contributed by atoms with van der Waals surface area (Å²) in [5.74, 6) is 0. The summed E-state index contributed by atoms with van der Waals surface area (Å²) in [5.41, 5.74) is -0.823. The lowest BCUT2D eigenvalue weighted by molar-refractivity contribution is -0.0564. The molecule has 0 fully saturated rings. The fourth-order valence-electron chi connectivity index (χ4n) is 1.06. The Balaban J connectivity index is 4.02. The Labute approximate surface area is 91.9 Å². The predicted octanol–water partition coefficient (Wildman–Crippen LogP) is 0.402. The second kappa shape index (κ2) is 6.43. The minimum atomic E-state index is -0.550. The molecule has 0 amide bonds. The molecule has 0 saturated heterocycles. The highest BCUT2D eigenvalue weighted by atomic mass is 16.5. The van der Waals surface area contributed by atoms with Crippen molar-refractivity contribution in [3.8, 4) is 0 Å². The first kappa shape index (κ1) is 14.8. The third-order valence-corrected chi connectivity index (χ3v) is 2.75. The van der Waals surface area contributed by atoms with Gasteiger partial charge in [0, 0.05) is 10.8 Å². The van der Waals surface area contributed by atoms with E-state index >= 15 is 0 Å². The van der Waals surface area contributed by atoms with Crippen molar-refractivity contribution >= 4 is 0 Å². The van der Waals surface area contributed by atoms with Crippen LogP contribution in [0.4, 0.5) is 0 Å². The minimum Gasteiger partial charge on any atom is -0.396 e. The van der Waals surface area contributed by atoms with Gasteiger partial charge in [-0.05, 0) is 6.42 Å². The largest absolute Gasteiger partial charge is 0.396 e. The number of ether oxygens (including phenoxy) is 1. The van der Waals surface area contributed by atoms with Gasteiger partial charge in [-0.15, -0.1) is 0 Å². The van der Waals surface area contributed by atoms with Gasteiger partial charge < -0.3 is 20.1 Å². The van der Waals surface area contributed by atoms with Gasteiger partial charge in [0.25, 0.3) is 0 Å². The van der Waals surface area contributed by atoms with Crippen LogP contribution in [0.3, 0.4) is 0 Å². The van der Waals surface area contributed by atoms with Gasteiger partial charge in [-0.3, -0.25) is 0 Å².